The number of nitrogens with two attached hydrogens (primary N) is 1. The SMILES string of the molecule is CON=Cc1cncc(C(C)C)c1N. The van der Waals surface area contributed by atoms with Gasteiger partial charge in [-0.05, 0) is 11.5 Å². The molecule has 1 aromatic rings. The Kier molecular flexibility index (Phi) is 3.45. The Bertz CT molecular complexity index is 334. The van der Waals surface area contributed by atoms with Gasteiger partial charge in [0.2, 0.25) is 0 Å². The molecule has 14 heavy (non-hydrogen) atoms. The highest BCUT2D eigenvalue weighted by Gasteiger charge is 2.07. The van der Waals surface area contributed by atoms with Crippen LogP contribution < -0.4 is 5.73 Å². The molecule has 4 nitrogen and oxygen atoms in total. The number of hydrogen-bond acceptors (Lipinski definition) is 4. The molecule has 0 aliphatic heterocycles. The second-order valence-electron chi connectivity index (χ2n) is 3.30. The summed E-state index contributed by atoms with van der Waals surface area (Å²) in [5.41, 5.74) is 8.48. The third kappa shape index (κ3) is 2.22. The summed E-state index contributed by atoms with van der Waals surface area (Å²) in [7, 11) is 1.49. The lowest BCUT2D eigenvalue weighted by Crippen LogP contribution is -2.02. The number of nitrogens with zero attached hydrogens (tertiary/aromatic N) is 2. The first kappa shape index (κ1) is 10.5. The zero-order chi connectivity index (χ0) is 10.6. The van der Waals surface area contributed by atoms with E-state index >= 15 is 0 Å². The Balaban J connectivity index is 3.07. The van der Waals surface area contributed by atoms with Crippen molar-refractivity contribution in [1.29, 1.82) is 0 Å². The molecule has 2 N–H and O–H groups in total. The summed E-state index contributed by atoms with van der Waals surface area (Å²) in [4.78, 5) is 8.68. The Labute approximate surface area is 83.8 Å². The average Bonchev–Trinajstić information content (AvgIpc) is 2.16. The molecule has 0 spiro atoms. The summed E-state index contributed by atoms with van der Waals surface area (Å²) < 4.78 is 0. The summed E-state index contributed by atoms with van der Waals surface area (Å²) in [5, 5.41) is 3.66. The topological polar surface area (TPSA) is 60.5 Å². The van der Waals surface area contributed by atoms with Gasteiger partial charge < -0.3 is 10.6 Å². The Hall–Kier alpha value is -1.58. The van der Waals surface area contributed by atoms with E-state index in [-0.39, 0.29) is 0 Å². The van der Waals surface area contributed by atoms with Crippen LogP contribution in [0.2, 0.25) is 0 Å². The molecule has 0 aromatic carbocycles. The highest BCUT2D eigenvalue weighted by molar-refractivity contribution is 5.87. The van der Waals surface area contributed by atoms with Gasteiger partial charge in [-0.25, -0.2) is 0 Å². The summed E-state index contributed by atoms with van der Waals surface area (Å²) >= 11 is 0. The van der Waals surface area contributed by atoms with Gasteiger partial charge in [0.25, 0.3) is 0 Å². The second kappa shape index (κ2) is 4.60. The molecule has 1 aromatic heterocycles. The first-order chi connectivity index (χ1) is 6.66. The molecule has 0 saturated heterocycles. The van der Waals surface area contributed by atoms with E-state index in [0.717, 1.165) is 16.8 Å². The molecule has 0 atom stereocenters. The summed E-state index contributed by atoms with van der Waals surface area (Å²) in [6.07, 6.45) is 5.02. The number of pyridine rings is 1. The molecule has 0 amide bonds. The third-order valence-corrected chi connectivity index (χ3v) is 1.97. The zero-order valence-electron chi connectivity index (χ0n) is 8.69. The van der Waals surface area contributed by atoms with Gasteiger partial charge in [0.15, 0.2) is 0 Å². The van der Waals surface area contributed by atoms with Crippen molar-refractivity contribution < 1.29 is 4.84 Å². The summed E-state index contributed by atoms with van der Waals surface area (Å²) in [6, 6.07) is 0. The van der Waals surface area contributed by atoms with Crippen LogP contribution in [0.25, 0.3) is 0 Å². The van der Waals surface area contributed by atoms with Gasteiger partial charge in [0, 0.05) is 23.6 Å². The van der Waals surface area contributed by atoms with Gasteiger partial charge in [-0.2, -0.15) is 0 Å². The van der Waals surface area contributed by atoms with Crippen molar-refractivity contribution >= 4 is 11.9 Å². The predicted octanol–water partition coefficient (Wildman–Crippen LogP) is 1.77. The molecule has 1 heterocycles. The van der Waals surface area contributed by atoms with Crippen molar-refractivity contribution in [3.8, 4) is 0 Å². The quantitative estimate of drug-likeness (QED) is 0.587. The van der Waals surface area contributed by atoms with Crippen LogP contribution in [0, 0.1) is 0 Å². The van der Waals surface area contributed by atoms with Crippen molar-refractivity contribution in [2.24, 2.45) is 5.16 Å². The van der Waals surface area contributed by atoms with Crippen molar-refractivity contribution in [2.45, 2.75) is 19.8 Å². The van der Waals surface area contributed by atoms with E-state index in [4.69, 9.17) is 5.73 Å². The number of hydrogen-bond donors (Lipinski definition) is 1. The van der Waals surface area contributed by atoms with Gasteiger partial charge >= 0.3 is 0 Å². The van der Waals surface area contributed by atoms with Crippen LogP contribution in [0.15, 0.2) is 17.5 Å². The van der Waals surface area contributed by atoms with Crippen LogP contribution in [0.3, 0.4) is 0 Å². The van der Waals surface area contributed by atoms with Gasteiger partial charge in [-0.15, -0.1) is 0 Å². The van der Waals surface area contributed by atoms with Crippen LogP contribution in [0.4, 0.5) is 5.69 Å². The number of anilines is 1. The van der Waals surface area contributed by atoms with Gasteiger partial charge in [-0.3, -0.25) is 4.98 Å². The predicted molar refractivity (Wildman–Crippen MR) is 57.3 cm³/mol. The molecule has 4 heteroatoms. The maximum Gasteiger partial charge on any atom is 0.106 e. The van der Waals surface area contributed by atoms with E-state index in [9.17, 15) is 0 Å². The first-order valence-corrected chi connectivity index (χ1v) is 4.46. The van der Waals surface area contributed by atoms with E-state index in [0.29, 0.717) is 5.92 Å². The standard InChI is InChI=1S/C10H15N3O/c1-7(2)9-6-12-4-8(10(9)11)5-13-14-3/h4-7H,1-3H3,(H2,11,12). The lowest BCUT2D eigenvalue weighted by Gasteiger charge is -2.09. The molecule has 76 valence electrons. The highest BCUT2D eigenvalue weighted by Crippen LogP contribution is 2.22. The van der Waals surface area contributed by atoms with Gasteiger partial charge in [0.05, 0.1) is 6.21 Å². The molecule has 0 unspecified atom stereocenters. The smallest absolute Gasteiger partial charge is 0.106 e. The van der Waals surface area contributed by atoms with Crippen molar-refractivity contribution in [3.05, 3.63) is 23.5 Å². The van der Waals surface area contributed by atoms with E-state index in [1.165, 1.54) is 7.11 Å². The number of rotatable bonds is 3. The van der Waals surface area contributed by atoms with E-state index in [2.05, 4.69) is 28.8 Å². The van der Waals surface area contributed by atoms with Crippen LogP contribution in [0.1, 0.15) is 30.9 Å². The Morgan fingerprint density at radius 1 is 1.50 bits per heavy atom. The second-order valence-corrected chi connectivity index (χ2v) is 3.30. The average molecular weight is 193 g/mol. The van der Waals surface area contributed by atoms with Gasteiger partial charge in [0.1, 0.15) is 7.11 Å². The fourth-order valence-corrected chi connectivity index (χ4v) is 1.18. The van der Waals surface area contributed by atoms with E-state index in [1.807, 2.05) is 0 Å². The van der Waals surface area contributed by atoms with Crippen LogP contribution in [0.5, 0.6) is 0 Å². The number of nitrogen functional groups attached to an aromatic ring is 1. The Morgan fingerprint density at radius 2 is 2.21 bits per heavy atom. The molecule has 0 saturated carbocycles. The first-order valence-electron chi connectivity index (χ1n) is 4.46. The summed E-state index contributed by atoms with van der Waals surface area (Å²) in [5.74, 6) is 0.360. The normalized spacial score (nSPS) is 11.1. The Morgan fingerprint density at radius 3 is 2.79 bits per heavy atom. The monoisotopic (exact) mass is 193 g/mol. The minimum Gasteiger partial charge on any atom is -0.399 e. The van der Waals surface area contributed by atoms with E-state index in [1.54, 1.807) is 18.6 Å². The van der Waals surface area contributed by atoms with Crippen molar-refractivity contribution in [3.63, 3.8) is 0 Å². The molecule has 0 aliphatic rings. The molecule has 0 bridgehead atoms. The van der Waals surface area contributed by atoms with Gasteiger partial charge in [-0.1, -0.05) is 19.0 Å². The fourth-order valence-electron chi connectivity index (χ4n) is 1.18. The van der Waals surface area contributed by atoms with Crippen molar-refractivity contribution in [2.75, 3.05) is 12.8 Å². The van der Waals surface area contributed by atoms with E-state index < -0.39 is 0 Å². The third-order valence-electron chi connectivity index (χ3n) is 1.97. The maximum atomic E-state index is 5.94. The minimum atomic E-state index is 0.360. The molecule has 1 rings (SSSR count). The molecule has 0 fully saturated rings. The minimum absolute atomic E-state index is 0.360. The highest BCUT2D eigenvalue weighted by atomic mass is 16.6. The summed E-state index contributed by atoms with van der Waals surface area (Å²) in [6.45, 7) is 4.15. The number of oxime groups is 1. The molecule has 0 aliphatic carbocycles. The van der Waals surface area contributed by atoms with Crippen LogP contribution >= 0.6 is 0 Å². The molecule has 0 radical (unpaired) electrons. The zero-order valence-corrected chi connectivity index (χ0v) is 8.69. The number of aromatic nitrogens is 1. The van der Waals surface area contributed by atoms with Crippen LogP contribution in [-0.4, -0.2) is 18.3 Å². The fraction of sp³-hybridized carbons (Fsp3) is 0.400. The lowest BCUT2D eigenvalue weighted by molar-refractivity contribution is 0.215. The molecular weight excluding hydrogens is 178 g/mol. The largest absolute Gasteiger partial charge is 0.399 e. The van der Waals surface area contributed by atoms with Crippen LogP contribution in [-0.2, 0) is 4.84 Å². The molecular formula is C10H15N3O. The maximum absolute atomic E-state index is 5.94. The van der Waals surface area contributed by atoms with Crippen molar-refractivity contribution in [1.82, 2.24) is 4.98 Å². The lowest BCUT2D eigenvalue weighted by atomic mass is 10.0.